The number of halogens is 1. The molecule has 4 nitrogen and oxygen atoms in total. The van der Waals surface area contributed by atoms with Crippen LogP contribution in [0.5, 0.6) is 0 Å². The number of methoxy groups -OCH3 is 1. The fourth-order valence-corrected chi connectivity index (χ4v) is 1.54. The Hall–Kier alpha value is -1.00. The van der Waals surface area contributed by atoms with E-state index in [0.717, 1.165) is 0 Å². The van der Waals surface area contributed by atoms with E-state index in [1.807, 2.05) is 0 Å². The Labute approximate surface area is 101 Å². The minimum Gasteiger partial charge on any atom is -0.397 e. The van der Waals surface area contributed by atoms with Crippen LogP contribution in [-0.2, 0) is 4.74 Å². The summed E-state index contributed by atoms with van der Waals surface area (Å²) in [5, 5.41) is 3.78. The molecule has 1 aromatic rings. The van der Waals surface area contributed by atoms with Gasteiger partial charge in [0.25, 0.3) is 0 Å². The predicted octanol–water partition coefficient (Wildman–Crippen LogP) is 2.40. The monoisotopic (exact) mass is 243 g/mol. The third kappa shape index (κ3) is 3.54. The zero-order chi connectivity index (χ0) is 12.1. The summed E-state index contributed by atoms with van der Waals surface area (Å²) in [6.07, 6.45) is 1.58. The molecule has 1 heterocycles. The molecule has 0 aliphatic heterocycles. The van der Waals surface area contributed by atoms with Gasteiger partial charge in [-0.15, -0.1) is 0 Å². The van der Waals surface area contributed by atoms with Crippen LogP contribution in [0.3, 0.4) is 0 Å². The number of nitrogens with one attached hydrogen (secondary N) is 1. The molecule has 1 unspecified atom stereocenters. The van der Waals surface area contributed by atoms with Gasteiger partial charge in [0.15, 0.2) is 0 Å². The Bertz CT molecular complexity index is 344. The highest BCUT2D eigenvalue weighted by molar-refractivity contribution is 6.33. The SMILES string of the molecule is COCC(Nc1ncc(N)cc1Cl)C(C)C. The molecule has 5 heteroatoms. The van der Waals surface area contributed by atoms with Gasteiger partial charge in [0.1, 0.15) is 5.82 Å². The lowest BCUT2D eigenvalue weighted by Gasteiger charge is -2.22. The maximum Gasteiger partial charge on any atom is 0.145 e. The third-order valence-corrected chi connectivity index (χ3v) is 2.62. The van der Waals surface area contributed by atoms with Crippen LogP contribution in [0.4, 0.5) is 11.5 Å². The Morgan fingerprint density at radius 2 is 2.25 bits per heavy atom. The number of aromatic nitrogens is 1. The molecular weight excluding hydrogens is 226 g/mol. The Morgan fingerprint density at radius 3 is 2.75 bits per heavy atom. The quantitative estimate of drug-likeness (QED) is 0.834. The minimum absolute atomic E-state index is 0.179. The number of nitrogens with zero attached hydrogens (tertiary/aromatic N) is 1. The van der Waals surface area contributed by atoms with Crippen LogP contribution in [0.2, 0.25) is 5.02 Å². The van der Waals surface area contributed by atoms with Gasteiger partial charge < -0.3 is 15.8 Å². The Morgan fingerprint density at radius 1 is 1.56 bits per heavy atom. The maximum atomic E-state index is 6.03. The first-order valence-corrected chi connectivity index (χ1v) is 5.59. The average Bonchev–Trinajstić information content (AvgIpc) is 2.20. The maximum absolute atomic E-state index is 6.03. The largest absolute Gasteiger partial charge is 0.397 e. The van der Waals surface area contributed by atoms with E-state index in [1.54, 1.807) is 19.4 Å². The molecule has 0 aliphatic rings. The predicted molar refractivity (Wildman–Crippen MR) is 67.8 cm³/mol. The molecule has 16 heavy (non-hydrogen) atoms. The molecule has 0 fully saturated rings. The van der Waals surface area contributed by atoms with Crippen molar-refractivity contribution in [3.05, 3.63) is 17.3 Å². The van der Waals surface area contributed by atoms with E-state index < -0.39 is 0 Å². The molecule has 0 spiro atoms. The second kappa shape index (κ2) is 5.92. The van der Waals surface area contributed by atoms with Crippen molar-refractivity contribution in [1.82, 2.24) is 4.98 Å². The second-order valence-electron chi connectivity index (χ2n) is 4.05. The van der Waals surface area contributed by atoms with Crippen LogP contribution in [0, 0.1) is 5.92 Å². The number of hydrogen-bond donors (Lipinski definition) is 2. The summed E-state index contributed by atoms with van der Waals surface area (Å²) in [6.45, 7) is 4.84. The van der Waals surface area contributed by atoms with Crippen LogP contribution in [0.25, 0.3) is 0 Å². The van der Waals surface area contributed by atoms with Crippen molar-refractivity contribution in [2.75, 3.05) is 24.8 Å². The Balaban J connectivity index is 2.77. The van der Waals surface area contributed by atoms with Crippen molar-refractivity contribution in [2.24, 2.45) is 5.92 Å². The van der Waals surface area contributed by atoms with Crippen LogP contribution in [0.1, 0.15) is 13.8 Å². The van der Waals surface area contributed by atoms with Gasteiger partial charge in [0.05, 0.1) is 29.6 Å². The summed E-state index contributed by atoms with van der Waals surface area (Å²) in [7, 11) is 1.68. The van der Waals surface area contributed by atoms with Gasteiger partial charge in [0.2, 0.25) is 0 Å². The van der Waals surface area contributed by atoms with Crippen molar-refractivity contribution >= 4 is 23.1 Å². The zero-order valence-corrected chi connectivity index (χ0v) is 10.6. The number of ether oxygens (including phenoxy) is 1. The zero-order valence-electron chi connectivity index (χ0n) is 9.83. The van der Waals surface area contributed by atoms with E-state index in [9.17, 15) is 0 Å². The number of nitrogens with two attached hydrogens (primary N) is 1. The third-order valence-electron chi connectivity index (χ3n) is 2.34. The lowest BCUT2D eigenvalue weighted by atomic mass is 10.1. The van der Waals surface area contributed by atoms with Crippen molar-refractivity contribution in [1.29, 1.82) is 0 Å². The van der Waals surface area contributed by atoms with E-state index in [0.29, 0.717) is 29.1 Å². The number of pyridine rings is 1. The lowest BCUT2D eigenvalue weighted by Crippen LogP contribution is -2.30. The van der Waals surface area contributed by atoms with Crippen molar-refractivity contribution in [3.63, 3.8) is 0 Å². The topological polar surface area (TPSA) is 60.2 Å². The molecular formula is C11H18ClN3O. The minimum atomic E-state index is 0.179. The molecule has 0 bridgehead atoms. The molecule has 0 amide bonds. The van der Waals surface area contributed by atoms with Crippen LogP contribution in [-0.4, -0.2) is 24.7 Å². The normalized spacial score (nSPS) is 12.8. The van der Waals surface area contributed by atoms with E-state index in [1.165, 1.54) is 0 Å². The fourth-order valence-electron chi connectivity index (χ4n) is 1.31. The van der Waals surface area contributed by atoms with Gasteiger partial charge in [-0.3, -0.25) is 0 Å². The molecule has 0 aliphatic carbocycles. The van der Waals surface area contributed by atoms with E-state index in [-0.39, 0.29) is 6.04 Å². The van der Waals surface area contributed by atoms with Crippen molar-refractivity contribution in [3.8, 4) is 0 Å². The summed E-state index contributed by atoms with van der Waals surface area (Å²) < 4.78 is 5.14. The summed E-state index contributed by atoms with van der Waals surface area (Å²) in [5.74, 6) is 1.07. The van der Waals surface area contributed by atoms with Gasteiger partial charge >= 0.3 is 0 Å². The summed E-state index contributed by atoms with van der Waals surface area (Å²) in [4.78, 5) is 4.16. The van der Waals surface area contributed by atoms with Gasteiger partial charge in [-0.2, -0.15) is 0 Å². The van der Waals surface area contributed by atoms with Gasteiger partial charge in [-0.25, -0.2) is 4.98 Å². The number of anilines is 2. The Kier molecular flexibility index (Phi) is 4.83. The molecule has 0 radical (unpaired) electrons. The van der Waals surface area contributed by atoms with Crippen LogP contribution in [0.15, 0.2) is 12.3 Å². The standard InChI is InChI=1S/C11H18ClN3O/c1-7(2)10(6-16-3)15-11-9(12)4-8(13)5-14-11/h4-5,7,10H,6,13H2,1-3H3,(H,14,15). The highest BCUT2D eigenvalue weighted by Gasteiger charge is 2.14. The number of hydrogen-bond acceptors (Lipinski definition) is 4. The van der Waals surface area contributed by atoms with E-state index in [2.05, 4.69) is 24.1 Å². The molecule has 1 aromatic heterocycles. The summed E-state index contributed by atoms with van der Waals surface area (Å²) in [6, 6.07) is 1.86. The average molecular weight is 244 g/mol. The first-order chi connectivity index (χ1) is 7.54. The van der Waals surface area contributed by atoms with Crippen molar-refractivity contribution in [2.45, 2.75) is 19.9 Å². The first kappa shape index (κ1) is 13.1. The molecule has 0 saturated heterocycles. The fraction of sp³-hybridized carbons (Fsp3) is 0.545. The summed E-state index contributed by atoms with van der Waals surface area (Å²) >= 11 is 6.03. The highest BCUT2D eigenvalue weighted by atomic mass is 35.5. The number of nitrogen functional groups attached to an aromatic ring is 1. The molecule has 1 rings (SSSR count). The summed E-state index contributed by atoms with van der Waals surface area (Å²) in [5.41, 5.74) is 6.14. The molecule has 0 saturated carbocycles. The van der Waals surface area contributed by atoms with Gasteiger partial charge in [0, 0.05) is 7.11 Å². The van der Waals surface area contributed by atoms with Gasteiger partial charge in [-0.05, 0) is 12.0 Å². The number of rotatable bonds is 5. The lowest BCUT2D eigenvalue weighted by molar-refractivity contribution is 0.171. The van der Waals surface area contributed by atoms with Crippen LogP contribution >= 0.6 is 11.6 Å². The molecule has 1 atom stereocenters. The molecule has 3 N–H and O–H groups in total. The van der Waals surface area contributed by atoms with E-state index in [4.69, 9.17) is 22.1 Å². The van der Waals surface area contributed by atoms with Gasteiger partial charge in [-0.1, -0.05) is 25.4 Å². The smallest absolute Gasteiger partial charge is 0.145 e. The molecule has 0 aromatic carbocycles. The second-order valence-corrected chi connectivity index (χ2v) is 4.46. The first-order valence-electron chi connectivity index (χ1n) is 5.21. The van der Waals surface area contributed by atoms with E-state index >= 15 is 0 Å². The molecule has 90 valence electrons. The highest BCUT2D eigenvalue weighted by Crippen LogP contribution is 2.22. The van der Waals surface area contributed by atoms with Crippen molar-refractivity contribution < 1.29 is 4.74 Å². The van der Waals surface area contributed by atoms with Crippen LogP contribution < -0.4 is 11.1 Å².